The fraction of sp³-hybridized carbons (Fsp3) is 0.429. The Labute approximate surface area is 58.4 Å². The van der Waals surface area contributed by atoms with Crippen LogP contribution in [0.5, 0.6) is 0 Å². The van der Waals surface area contributed by atoms with Gasteiger partial charge in [-0.2, -0.15) is 0 Å². The number of hydrogen-bond acceptors (Lipinski definition) is 0. The molecule has 0 aromatic heterocycles. The average molecular weight is 173 g/mol. The Morgan fingerprint density at radius 2 is 2.50 bits per heavy atom. The molecule has 0 radical (unpaired) electrons. The quantitative estimate of drug-likeness (QED) is 0.571. The van der Waals surface area contributed by atoms with Crippen molar-refractivity contribution in [2.24, 2.45) is 5.92 Å². The van der Waals surface area contributed by atoms with Gasteiger partial charge in [0.25, 0.3) is 0 Å². The van der Waals surface area contributed by atoms with Gasteiger partial charge in [0.15, 0.2) is 0 Å². The summed E-state index contributed by atoms with van der Waals surface area (Å²) in [5.74, 6) is 0.662. The zero-order valence-corrected chi connectivity index (χ0v) is 6.48. The molecule has 1 unspecified atom stereocenters. The van der Waals surface area contributed by atoms with Gasteiger partial charge in [0.05, 0.1) is 0 Å². The van der Waals surface area contributed by atoms with E-state index in [0.717, 1.165) is 0 Å². The van der Waals surface area contributed by atoms with Gasteiger partial charge in [0, 0.05) is 10.4 Å². The molecule has 1 atom stereocenters. The highest BCUT2D eigenvalue weighted by atomic mass is 79.9. The molecule has 0 amide bonds. The lowest BCUT2D eigenvalue weighted by atomic mass is 10.1. The van der Waals surface area contributed by atoms with Crippen molar-refractivity contribution in [3.63, 3.8) is 0 Å². The maximum Gasteiger partial charge on any atom is 0.00846 e. The van der Waals surface area contributed by atoms with Crippen LogP contribution in [-0.2, 0) is 0 Å². The predicted molar refractivity (Wildman–Crippen MR) is 39.9 cm³/mol. The lowest BCUT2D eigenvalue weighted by Crippen LogP contribution is -1.87. The topological polar surface area (TPSA) is 0 Å². The highest BCUT2D eigenvalue weighted by molar-refractivity contribution is 9.11. The molecule has 0 fully saturated rings. The Balaban J connectivity index is 2.58. The van der Waals surface area contributed by atoms with Crippen LogP contribution in [0.4, 0.5) is 0 Å². The molecule has 0 saturated heterocycles. The minimum atomic E-state index is 0.662. The minimum Gasteiger partial charge on any atom is -0.0765 e. The van der Waals surface area contributed by atoms with Crippen molar-refractivity contribution in [2.75, 3.05) is 0 Å². The van der Waals surface area contributed by atoms with E-state index in [0.29, 0.717) is 5.92 Å². The molecular formula is C7H9Br. The van der Waals surface area contributed by atoms with Gasteiger partial charge in [-0.3, -0.25) is 0 Å². The molecule has 0 heterocycles. The summed E-state index contributed by atoms with van der Waals surface area (Å²) in [4.78, 5) is 0. The fourth-order valence-corrected chi connectivity index (χ4v) is 1.46. The average Bonchev–Trinajstić information content (AvgIpc) is 2.14. The maximum absolute atomic E-state index is 3.46. The lowest BCUT2D eigenvalue weighted by molar-refractivity contribution is 0.776. The van der Waals surface area contributed by atoms with E-state index in [9.17, 15) is 0 Å². The van der Waals surface area contributed by atoms with Crippen molar-refractivity contribution < 1.29 is 0 Å². The number of allylic oxidation sites excluding steroid dienone is 4. The number of rotatable bonds is 1. The molecule has 1 aliphatic carbocycles. The van der Waals surface area contributed by atoms with Crippen molar-refractivity contribution in [3.8, 4) is 0 Å². The minimum absolute atomic E-state index is 0.662. The lowest BCUT2D eigenvalue weighted by Gasteiger charge is -2.01. The first-order chi connectivity index (χ1) is 3.84. The molecule has 44 valence electrons. The molecule has 8 heavy (non-hydrogen) atoms. The van der Waals surface area contributed by atoms with Crippen LogP contribution >= 0.6 is 15.9 Å². The zero-order valence-electron chi connectivity index (χ0n) is 4.89. The summed E-state index contributed by atoms with van der Waals surface area (Å²) < 4.78 is 1.32. The van der Waals surface area contributed by atoms with E-state index in [1.54, 1.807) is 0 Å². The van der Waals surface area contributed by atoms with Gasteiger partial charge < -0.3 is 0 Å². The molecule has 0 saturated carbocycles. The summed E-state index contributed by atoms with van der Waals surface area (Å²) in [5, 5.41) is 0. The van der Waals surface area contributed by atoms with Crippen LogP contribution in [0.25, 0.3) is 0 Å². The monoisotopic (exact) mass is 172 g/mol. The fourth-order valence-electron chi connectivity index (χ4n) is 0.828. The molecule has 0 spiro atoms. The van der Waals surface area contributed by atoms with Crippen molar-refractivity contribution in [2.45, 2.75) is 13.3 Å². The third kappa shape index (κ3) is 1.03. The van der Waals surface area contributed by atoms with Gasteiger partial charge in [-0.25, -0.2) is 0 Å². The molecule has 1 rings (SSSR count). The molecule has 0 N–H and O–H groups in total. The van der Waals surface area contributed by atoms with Crippen molar-refractivity contribution in [3.05, 3.63) is 22.7 Å². The Kier molecular flexibility index (Phi) is 1.90. The number of halogens is 1. The second kappa shape index (κ2) is 2.49. The summed E-state index contributed by atoms with van der Waals surface area (Å²) in [6, 6.07) is 0. The van der Waals surface area contributed by atoms with Gasteiger partial charge >= 0.3 is 0 Å². The molecular weight excluding hydrogens is 164 g/mol. The zero-order chi connectivity index (χ0) is 5.98. The summed E-state index contributed by atoms with van der Waals surface area (Å²) in [7, 11) is 0. The van der Waals surface area contributed by atoms with Crippen LogP contribution < -0.4 is 0 Å². The Morgan fingerprint density at radius 1 is 1.75 bits per heavy atom. The van der Waals surface area contributed by atoms with Gasteiger partial charge in [0.2, 0.25) is 0 Å². The smallest absolute Gasteiger partial charge is 0.00846 e. The van der Waals surface area contributed by atoms with Gasteiger partial charge in [-0.15, -0.1) is 0 Å². The predicted octanol–water partition coefficient (Wildman–Crippen LogP) is 2.86. The largest absolute Gasteiger partial charge is 0.0765 e. The molecule has 0 nitrogen and oxygen atoms in total. The SMILES string of the molecule is CCC1C=CC=C1Br. The summed E-state index contributed by atoms with van der Waals surface area (Å²) in [6.07, 6.45) is 7.62. The highest BCUT2D eigenvalue weighted by Crippen LogP contribution is 2.26. The molecule has 0 aromatic carbocycles. The van der Waals surface area contributed by atoms with Crippen LogP contribution in [0.2, 0.25) is 0 Å². The van der Waals surface area contributed by atoms with Gasteiger partial charge in [-0.1, -0.05) is 41.1 Å². The standard InChI is InChI=1S/C7H9Br/c1-2-6-4-3-5-7(6)8/h3-6H,2H2,1H3. The van der Waals surface area contributed by atoms with E-state index in [4.69, 9.17) is 0 Å². The maximum atomic E-state index is 3.46. The first-order valence-corrected chi connectivity index (χ1v) is 3.67. The first-order valence-electron chi connectivity index (χ1n) is 2.88. The number of hydrogen-bond donors (Lipinski definition) is 0. The second-order valence-corrected chi connectivity index (χ2v) is 2.87. The third-order valence-corrected chi connectivity index (χ3v) is 2.25. The summed E-state index contributed by atoms with van der Waals surface area (Å²) in [6.45, 7) is 2.19. The third-order valence-electron chi connectivity index (χ3n) is 1.39. The molecule has 0 aromatic rings. The van der Waals surface area contributed by atoms with E-state index in [-0.39, 0.29) is 0 Å². The van der Waals surface area contributed by atoms with E-state index >= 15 is 0 Å². The second-order valence-electron chi connectivity index (χ2n) is 1.95. The van der Waals surface area contributed by atoms with Crippen LogP contribution in [0, 0.1) is 5.92 Å². The van der Waals surface area contributed by atoms with Crippen LogP contribution in [0.3, 0.4) is 0 Å². The summed E-state index contributed by atoms with van der Waals surface area (Å²) in [5.41, 5.74) is 0. The first kappa shape index (κ1) is 6.09. The van der Waals surface area contributed by atoms with Crippen LogP contribution in [0.15, 0.2) is 22.7 Å². The Bertz CT molecular complexity index is 133. The normalized spacial score (nSPS) is 26.2. The van der Waals surface area contributed by atoms with Crippen molar-refractivity contribution in [1.29, 1.82) is 0 Å². The van der Waals surface area contributed by atoms with E-state index in [1.165, 1.54) is 10.9 Å². The molecule has 1 heteroatoms. The van der Waals surface area contributed by atoms with Gasteiger partial charge in [-0.05, 0) is 6.42 Å². The Hall–Kier alpha value is -0.0400. The van der Waals surface area contributed by atoms with Crippen LogP contribution in [-0.4, -0.2) is 0 Å². The van der Waals surface area contributed by atoms with Crippen molar-refractivity contribution >= 4 is 15.9 Å². The van der Waals surface area contributed by atoms with Gasteiger partial charge in [0.1, 0.15) is 0 Å². The van der Waals surface area contributed by atoms with Crippen molar-refractivity contribution in [1.82, 2.24) is 0 Å². The van der Waals surface area contributed by atoms with E-state index < -0.39 is 0 Å². The summed E-state index contributed by atoms with van der Waals surface area (Å²) >= 11 is 3.46. The molecule has 0 aliphatic heterocycles. The van der Waals surface area contributed by atoms with Crippen LogP contribution in [0.1, 0.15) is 13.3 Å². The highest BCUT2D eigenvalue weighted by Gasteiger charge is 2.07. The van der Waals surface area contributed by atoms with E-state index in [1.807, 2.05) is 0 Å². The molecule has 0 bridgehead atoms. The Morgan fingerprint density at radius 3 is 2.75 bits per heavy atom. The van der Waals surface area contributed by atoms with E-state index in [2.05, 4.69) is 41.1 Å². The molecule has 1 aliphatic rings.